The molecule has 0 saturated carbocycles. The van der Waals surface area contributed by atoms with E-state index < -0.39 is 0 Å². The van der Waals surface area contributed by atoms with E-state index in [1.54, 1.807) is 0 Å². The predicted octanol–water partition coefficient (Wildman–Crippen LogP) is 17.0. The van der Waals surface area contributed by atoms with Crippen LogP contribution < -0.4 is 0 Å². The summed E-state index contributed by atoms with van der Waals surface area (Å²) in [6.45, 7) is 4.00. The number of hydrogen-bond acceptors (Lipinski definition) is 4. The Hall–Kier alpha value is -8.25. The van der Waals surface area contributed by atoms with E-state index in [2.05, 4.69) is 211 Å². The Morgan fingerprint density at radius 1 is 0.348 bits per heavy atom. The molecule has 0 fully saturated rings. The van der Waals surface area contributed by atoms with Gasteiger partial charge in [-0.1, -0.05) is 202 Å². The van der Waals surface area contributed by atoms with Crippen LogP contribution in [0.2, 0.25) is 0 Å². The number of hydrogen-bond donors (Lipinski definition) is 0. The Labute approximate surface area is 386 Å². The second kappa shape index (κ2) is 16.4. The fourth-order valence-corrected chi connectivity index (χ4v) is 10.6. The van der Waals surface area contributed by atoms with Gasteiger partial charge in [0.25, 0.3) is 0 Å². The highest BCUT2D eigenvalue weighted by Crippen LogP contribution is 2.44. The molecule has 13 rings (SSSR count). The lowest BCUT2D eigenvalue weighted by Gasteiger charge is -2.14. The van der Waals surface area contributed by atoms with Crippen molar-refractivity contribution in [1.29, 1.82) is 0 Å². The normalized spacial score (nSPS) is 11.5. The summed E-state index contributed by atoms with van der Waals surface area (Å²) in [6.07, 6.45) is 0. The van der Waals surface area contributed by atoms with E-state index in [0.29, 0.717) is 17.6 Å². The smallest absolute Gasteiger partial charge is 0.238 e. The van der Waals surface area contributed by atoms with Gasteiger partial charge in [0.2, 0.25) is 5.95 Å². The standard InChI is InChI=1S/C59H36N4S.C2H6/c1-3-12-37(13-4-1)39-22-26-42(27-23-39)57-60-58(43-28-24-40(25-29-43)38-14-5-2-6-15-38)62-59(61-57)63-52-36-45-18-8-7-17-44(45)34-50(52)49-21-11-20-48(56(49)63)46-31-32-53-51(35-46)55-47-19-10-9-16-41(47)30-33-54(55)64-53;1-2/h1-36H;1-2H3. The van der Waals surface area contributed by atoms with Gasteiger partial charge in [-0.2, -0.15) is 9.97 Å². The highest BCUT2D eigenvalue weighted by atomic mass is 32.1. The number of nitrogens with zero attached hydrogens (tertiary/aromatic N) is 4. The van der Waals surface area contributed by atoms with Gasteiger partial charge < -0.3 is 0 Å². The van der Waals surface area contributed by atoms with Gasteiger partial charge in [0, 0.05) is 47.6 Å². The maximum Gasteiger partial charge on any atom is 0.238 e. The minimum absolute atomic E-state index is 0.565. The van der Waals surface area contributed by atoms with Crippen molar-refractivity contribution < 1.29 is 0 Å². The molecule has 0 spiro atoms. The fraction of sp³-hybridized carbons (Fsp3) is 0.0328. The third-order valence-corrected chi connectivity index (χ3v) is 13.8. The van der Waals surface area contributed by atoms with Gasteiger partial charge in [-0.15, -0.1) is 11.3 Å². The molecule has 66 heavy (non-hydrogen) atoms. The summed E-state index contributed by atoms with van der Waals surface area (Å²) in [5, 5.41) is 9.73. The van der Waals surface area contributed by atoms with Crippen LogP contribution in [0.15, 0.2) is 218 Å². The van der Waals surface area contributed by atoms with Crippen LogP contribution >= 0.6 is 11.3 Å². The fourth-order valence-electron chi connectivity index (χ4n) is 9.51. The van der Waals surface area contributed by atoms with E-state index in [4.69, 9.17) is 15.0 Å². The van der Waals surface area contributed by atoms with Crippen LogP contribution in [0.4, 0.5) is 0 Å². The molecule has 0 aliphatic carbocycles. The van der Waals surface area contributed by atoms with Gasteiger partial charge in [-0.25, -0.2) is 4.98 Å². The number of fused-ring (bicyclic) bond motifs is 9. The summed E-state index contributed by atoms with van der Waals surface area (Å²) in [5.41, 5.74) is 10.8. The van der Waals surface area contributed by atoms with Crippen LogP contribution in [-0.2, 0) is 0 Å². The zero-order chi connectivity index (χ0) is 44.1. The molecule has 312 valence electrons. The Kier molecular flexibility index (Phi) is 9.77. The van der Waals surface area contributed by atoms with Crippen molar-refractivity contribution >= 4 is 74.9 Å². The minimum atomic E-state index is 0.565. The molecule has 0 aliphatic heterocycles. The maximum atomic E-state index is 5.41. The molecular formula is C61H42N4S. The first kappa shape index (κ1) is 39.3. The highest BCUT2D eigenvalue weighted by Gasteiger charge is 2.22. The molecule has 3 heterocycles. The van der Waals surface area contributed by atoms with Gasteiger partial charge in [-0.05, 0) is 79.7 Å². The van der Waals surface area contributed by atoms with Crippen LogP contribution in [0.25, 0.3) is 126 Å². The van der Waals surface area contributed by atoms with Crippen molar-refractivity contribution in [2.45, 2.75) is 13.8 Å². The Morgan fingerprint density at radius 3 is 1.52 bits per heavy atom. The highest BCUT2D eigenvalue weighted by molar-refractivity contribution is 7.26. The molecule has 13 aromatic rings. The van der Waals surface area contributed by atoms with Crippen molar-refractivity contribution in [2.24, 2.45) is 0 Å². The van der Waals surface area contributed by atoms with Crippen LogP contribution in [0.3, 0.4) is 0 Å². The van der Waals surface area contributed by atoms with Crippen molar-refractivity contribution in [3.8, 4) is 62.1 Å². The van der Waals surface area contributed by atoms with E-state index >= 15 is 0 Å². The molecule has 0 radical (unpaired) electrons. The summed E-state index contributed by atoms with van der Waals surface area (Å²) >= 11 is 1.85. The topological polar surface area (TPSA) is 43.6 Å². The van der Waals surface area contributed by atoms with Gasteiger partial charge in [0.15, 0.2) is 11.6 Å². The van der Waals surface area contributed by atoms with Crippen molar-refractivity contribution in [2.75, 3.05) is 0 Å². The van der Waals surface area contributed by atoms with Crippen molar-refractivity contribution in [1.82, 2.24) is 19.5 Å². The SMILES string of the molecule is CC.c1ccc(-c2ccc(-c3nc(-c4ccc(-c5ccccc5)cc4)nc(-n4c5cc6ccccc6cc5c5cccc(-c6ccc7sc8ccc9ccccc9c8c7c6)c54)n3)cc2)cc1. The van der Waals surface area contributed by atoms with Crippen LogP contribution in [0, 0.1) is 0 Å². The number of benzene rings is 10. The van der Waals surface area contributed by atoms with E-state index in [1.165, 1.54) is 36.3 Å². The van der Waals surface area contributed by atoms with Gasteiger partial charge in [0.1, 0.15) is 0 Å². The quantitative estimate of drug-likeness (QED) is 0.167. The third kappa shape index (κ3) is 6.72. The first-order valence-corrected chi connectivity index (χ1v) is 23.4. The second-order valence-corrected chi connectivity index (χ2v) is 17.5. The monoisotopic (exact) mass is 862 g/mol. The largest absolute Gasteiger partial charge is 0.277 e. The summed E-state index contributed by atoms with van der Waals surface area (Å²) in [4.78, 5) is 16.1. The molecule has 0 bridgehead atoms. The van der Waals surface area contributed by atoms with Gasteiger partial charge in [0.05, 0.1) is 11.0 Å². The molecule has 0 saturated heterocycles. The number of thiophene rings is 1. The Morgan fingerprint density at radius 2 is 0.864 bits per heavy atom. The molecule has 4 nitrogen and oxygen atoms in total. The lowest BCUT2D eigenvalue weighted by molar-refractivity contribution is 0.954. The van der Waals surface area contributed by atoms with Crippen molar-refractivity contribution in [3.63, 3.8) is 0 Å². The average molecular weight is 863 g/mol. The molecule has 5 heteroatoms. The molecule has 0 unspecified atom stereocenters. The lowest BCUT2D eigenvalue weighted by Crippen LogP contribution is -2.07. The predicted molar refractivity (Wildman–Crippen MR) is 281 cm³/mol. The number of rotatable bonds is 6. The van der Waals surface area contributed by atoms with E-state index in [-0.39, 0.29) is 0 Å². The molecule has 10 aromatic carbocycles. The number of aromatic nitrogens is 4. The van der Waals surface area contributed by atoms with Gasteiger partial charge >= 0.3 is 0 Å². The lowest BCUT2D eigenvalue weighted by atomic mass is 9.98. The zero-order valence-corrected chi connectivity index (χ0v) is 37.3. The summed E-state index contributed by atoms with van der Waals surface area (Å²) in [6, 6.07) is 78.1. The van der Waals surface area contributed by atoms with Crippen LogP contribution in [0.5, 0.6) is 0 Å². The molecular weight excluding hydrogens is 821 g/mol. The summed E-state index contributed by atoms with van der Waals surface area (Å²) in [5.74, 6) is 1.78. The number of para-hydroxylation sites is 1. The molecule has 3 aromatic heterocycles. The third-order valence-electron chi connectivity index (χ3n) is 12.6. The van der Waals surface area contributed by atoms with E-state index in [9.17, 15) is 0 Å². The molecule has 0 atom stereocenters. The Bertz CT molecular complexity index is 3830. The van der Waals surface area contributed by atoms with Crippen molar-refractivity contribution in [3.05, 3.63) is 218 Å². The average Bonchev–Trinajstić information content (AvgIpc) is 3.94. The molecule has 0 N–H and O–H groups in total. The van der Waals surface area contributed by atoms with Gasteiger partial charge in [-0.3, -0.25) is 4.57 Å². The zero-order valence-electron chi connectivity index (χ0n) is 36.5. The molecule has 0 aliphatic rings. The first-order valence-electron chi connectivity index (χ1n) is 22.6. The minimum Gasteiger partial charge on any atom is -0.277 e. The first-order chi connectivity index (χ1) is 32.7. The molecule has 0 amide bonds. The van der Waals surface area contributed by atoms with Crippen LogP contribution in [0.1, 0.15) is 13.8 Å². The van der Waals surface area contributed by atoms with Crippen LogP contribution in [-0.4, -0.2) is 19.5 Å². The van der Waals surface area contributed by atoms with E-state index in [0.717, 1.165) is 71.7 Å². The summed E-state index contributed by atoms with van der Waals surface area (Å²) < 4.78 is 4.85. The maximum absolute atomic E-state index is 5.41. The second-order valence-electron chi connectivity index (χ2n) is 16.4. The summed E-state index contributed by atoms with van der Waals surface area (Å²) in [7, 11) is 0. The van der Waals surface area contributed by atoms with E-state index in [1.807, 2.05) is 37.3 Å². The Balaban J connectivity index is 0.00000225.